The highest BCUT2D eigenvalue weighted by Crippen LogP contribution is 2.42. The second-order valence-corrected chi connectivity index (χ2v) is 9.67. The molecule has 1 unspecified atom stereocenters. The van der Waals surface area contributed by atoms with Crippen molar-refractivity contribution in [2.75, 3.05) is 11.5 Å². The molecule has 0 radical (unpaired) electrons. The van der Waals surface area contributed by atoms with Gasteiger partial charge in [-0.05, 0) is 80.3 Å². The van der Waals surface area contributed by atoms with Gasteiger partial charge in [-0.15, -0.1) is 0 Å². The van der Waals surface area contributed by atoms with Gasteiger partial charge < -0.3 is 14.6 Å². The standard InChI is InChI=1S/C31H32N2O6/c1-5-15-38-25-13-10-22(16-20(25)4)29(35)27-28(23-7-6-14-32-18-23)33(31(37)30(27)36)24-11-8-21(9-12-24)17-26(34)39-19(2)3/h6-14,16,18-19,28,35H,5,15,17H2,1-4H3/b29-27-. The minimum Gasteiger partial charge on any atom is -0.507 e. The molecule has 0 aliphatic carbocycles. The molecule has 3 aromatic rings. The van der Waals surface area contributed by atoms with Crippen molar-refractivity contribution in [1.29, 1.82) is 0 Å². The van der Waals surface area contributed by atoms with Crippen LogP contribution in [0.1, 0.15) is 55.5 Å². The monoisotopic (exact) mass is 528 g/mol. The van der Waals surface area contributed by atoms with Crippen LogP contribution in [0.5, 0.6) is 5.75 Å². The molecule has 2 heterocycles. The van der Waals surface area contributed by atoms with Crippen LogP contribution in [0, 0.1) is 6.92 Å². The third-order valence-electron chi connectivity index (χ3n) is 6.28. The number of nitrogens with zero attached hydrogens (tertiary/aromatic N) is 2. The van der Waals surface area contributed by atoms with E-state index in [4.69, 9.17) is 9.47 Å². The molecular weight excluding hydrogens is 496 g/mol. The second kappa shape index (κ2) is 11.9. The van der Waals surface area contributed by atoms with Crippen LogP contribution < -0.4 is 9.64 Å². The Balaban J connectivity index is 1.74. The van der Waals surface area contributed by atoms with E-state index in [0.29, 0.717) is 34.7 Å². The minimum absolute atomic E-state index is 0.0285. The average molecular weight is 529 g/mol. The first-order chi connectivity index (χ1) is 18.7. The summed E-state index contributed by atoms with van der Waals surface area (Å²) in [6.45, 7) is 8.01. The summed E-state index contributed by atoms with van der Waals surface area (Å²) in [5.74, 6) is -1.50. The van der Waals surface area contributed by atoms with Gasteiger partial charge in [0.05, 0.1) is 30.7 Å². The molecule has 0 spiro atoms. The van der Waals surface area contributed by atoms with Crippen molar-refractivity contribution in [1.82, 2.24) is 4.98 Å². The number of ether oxygens (including phenoxy) is 2. The number of aliphatic hydroxyl groups excluding tert-OH is 1. The molecule has 8 heteroatoms. The Hall–Kier alpha value is -4.46. The van der Waals surface area contributed by atoms with Crippen LogP contribution in [0.2, 0.25) is 0 Å². The number of anilines is 1. The molecule has 1 aromatic heterocycles. The number of esters is 1. The van der Waals surface area contributed by atoms with E-state index in [1.165, 1.54) is 4.90 Å². The summed E-state index contributed by atoms with van der Waals surface area (Å²) in [5.41, 5.74) is 2.90. The molecule has 1 fully saturated rings. The SMILES string of the molecule is CCCOc1ccc(/C(O)=C2/C(=O)C(=O)N(c3ccc(CC(=O)OC(C)C)cc3)C2c2cccnc2)cc1C. The molecule has 1 aliphatic rings. The molecule has 0 saturated carbocycles. The largest absolute Gasteiger partial charge is 0.507 e. The lowest BCUT2D eigenvalue weighted by molar-refractivity contribution is -0.146. The Labute approximate surface area is 227 Å². The number of benzene rings is 2. The first-order valence-electron chi connectivity index (χ1n) is 12.9. The third kappa shape index (κ3) is 6.00. The predicted octanol–water partition coefficient (Wildman–Crippen LogP) is 5.30. The zero-order chi connectivity index (χ0) is 28.1. The summed E-state index contributed by atoms with van der Waals surface area (Å²) in [6.07, 6.45) is 3.89. The van der Waals surface area contributed by atoms with E-state index >= 15 is 0 Å². The molecule has 1 N–H and O–H groups in total. The fourth-order valence-electron chi connectivity index (χ4n) is 4.52. The Morgan fingerprint density at radius 3 is 2.46 bits per heavy atom. The quantitative estimate of drug-likeness (QED) is 0.174. The summed E-state index contributed by atoms with van der Waals surface area (Å²) in [4.78, 5) is 44.4. The van der Waals surface area contributed by atoms with Crippen LogP contribution in [0.25, 0.3) is 5.76 Å². The molecule has 39 heavy (non-hydrogen) atoms. The molecule has 1 aliphatic heterocycles. The van der Waals surface area contributed by atoms with Crippen molar-refractivity contribution < 1.29 is 29.0 Å². The summed E-state index contributed by atoms with van der Waals surface area (Å²) in [6, 6.07) is 14.5. The number of amides is 1. The zero-order valence-electron chi connectivity index (χ0n) is 22.5. The van der Waals surface area contributed by atoms with E-state index in [9.17, 15) is 19.5 Å². The number of aromatic nitrogens is 1. The molecule has 1 amide bonds. The van der Waals surface area contributed by atoms with Gasteiger partial charge in [-0.3, -0.25) is 24.3 Å². The molecule has 1 atom stereocenters. The van der Waals surface area contributed by atoms with Gasteiger partial charge in [0.1, 0.15) is 11.5 Å². The number of hydrogen-bond acceptors (Lipinski definition) is 7. The van der Waals surface area contributed by atoms with Gasteiger partial charge in [0.2, 0.25) is 0 Å². The Morgan fingerprint density at radius 1 is 1.10 bits per heavy atom. The first-order valence-corrected chi connectivity index (χ1v) is 12.9. The predicted molar refractivity (Wildman–Crippen MR) is 147 cm³/mol. The van der Waals surface area contributed by atoms with Crippen LogP contribution >= 0.6 is 0 Å². The van der Waals surface area contributed by atoms with Gasteiger partial charge >= 0.3 is 5.97 Å². The smallest absolute Gasteiger partial charge is 0.310 e. The number of ketones is 1. The van der Waals surface area contributed by atoms with Gasteiger partial charge in [-0.25, -0.2) is 0 Å². The fourth-order valence-corrected chi connectivity index (χ4v) is 4.52. The average Bonchev–Trinajstić information content (AvgIpc) is 3.18. The summed E-state index contributed by atoms with van der Waals surface area (Å²) >= 11 is 0. The summed E-state index contributed by atoms with van der Waals surface area (Å²) < 4.78 is 10.9. The molecule has 202 valence electrons. The van der Waals surface area contributed by atoms with Crippen molar-refractivity contribution >= 4 is 29.1 Å². The van der Waals surface area contributed by atoms with E-state index < -0.39 is 17.7 Å². The van der Waals surface area contributed by atoms with Crippen LogP contribution in [0.15, 0.2) is 72.6 Å². The van der Waals surface area contributed by atoms with Crippen LogP contribution in [-0.4, -0.2) is 40.5 Å². The van der Waals surface area contributed by atoms with Crippen LogP contribution in [0.3, 0.4) is 0 Å². The maximum absolute atomic E-state index is 13.4. The van der Waals surface area contributed by atoms with Gasteiger partial charge in [0, 0.05) is 23.6 Å². The highest BCUT2D eigenvalue weighted by Gasteiger charge is 2.47. The van der Waals surface area contributed by atoms with Crippen molar-refractivity contribution in [2.24, 2.45) is 0 Å². The fraction of sp³-hybridized carbons (Fsp3) is 0.290. The third-order valence-corrected chi connectivity index (χ3v) is 6.28. The van der Waals surface area contributed by atoms with E-state index in [-0.39, 0.29) is 29.8 Å². The van der Waals surface area contributed by atoms with Crippen molar-refractivity contribution in [3.8, 4) is 5.75 Å². The Morgan fingerprint density at radius 2 is 1.85 bits per heavy atom. The van der Waals surface area contributed by atoms with Crippen LogP contribution in [-0.2, 0) is 25.5 Å². The Bertz CT molecular complexity index is 1400. The molecule has 0 bridgehead atoms. The number of aryl methyl sites for hydroxylation is 1. The number of carbonyl (C=O) groups excluding carboxylic acids is 3. The summed E-state index contributed by atoms with van der Waals surface area (Å²) in [5, 5.41) is 11.4. The number of carbonyl (C=O) groups is 3. The molecular formula is C31H32N2O6. The second-order valence-electron chi connectivity index (χ2n) is 9.67. The maximum atomic E-state index is 13.4. The zero-order valence-corrected chi connectivity index (χ0v) is 22.5. The number of hydrogen-bond donors (Lipinski definition) is 1. The summed E-state index contributed by atoms with van der Waals surface area (Å²) in [7, 11) is 0. The minimum atomic E-state index is -0.896. The van der Waals surface area contributed by atoms with Crippen molar-refractivity contribution in [2.45, 2.75) is 52.7 Å². The van der Waals surface area contributed by atoms with Crippen molar-refractivity contribution in [3.63, 3.8) is 0 Å². The van der Waals surface area contributed by atoms with Gasteiger partial charge in [-0.1, -0.05) is 25.1 Å². The first kappa shape index (κ1) is 27.6. The molecule has 8 nitrogen and oxygen atoms in total. The van der Waals surface area contributed by atoms with Gasteiger partial charge in [0.15, 0.2) is 0 Å². The van der Waals surface area contributed by atoms with E-state index in [1.807, 2.05) is 13.8 Å². The van der Waals surface area contributed by atoms with E-state index in [0.717, 1.165) is 12.0 Å². The molecule has 2 aromatic carbocycles. The number of pyridine rings is 1. The normalized spacial score (nSPS) is 16.5. The Kier molecular flexibility index (Phi) is 8.44. The van der Waals surface area contributed by atoms with Gasteiger partial charge in [0.25, 0.3) is 11.7 Å². The lowest BCUT2D eigenvalue weighted by atomic mass is 9.95. The molecule has 4 rings (SSSR count). The topological polar surface area (TPSA) is 106 Å². The van der Waals surface area contributed by atoms with Crippen LogP contribution in [0.4, 0.5) is 5.69 Å². The number of aliphatic hydroxyl groups is 1. The highest BCUT2D eigenvalue weighted by atomic mass is 16.5. The lowest BCUT2D eigenvalue weighted by Gasteiger charge is -2.25. The number of rotatable bonds is 9. The maximum Gasteiger partial charge on any atom is 0.310 e. The van der Waals surface area contributed by atoms with E-state index in [2.05, 4.69) is 4.98 Å². The van der Waals surface area contributed by atoms with Gasteiger partial charge in [-0.2, -0.15) is 0 Å². The van der Waals surface area contributed by atoms with Crippen molar-refractivity contribution in [3.05, 3.63) is 94.8 Å². The lowest BCUT2D eigenvalue weighted by Crippen LogP contribution is -2.29. The molecule has 1 saturated heterocycles. The van der Waals surface area contributed by atoms with E-state index in [1.54, 1.807) is 80.8 Å². The number of Topliss-reactive ketones (excluding diaryl/α,β-unsaturated/α-hetero) is 1. The highest BCUT2D eigenvalue weighted by molar-refractivity contribution is 6.51.